The van der Waals surface area contributed by atoms with Crippen LogP contribution in [0.2, 0.25) is 0 Å². The molecule has 1 fully saturated rings. The van der Waals surface area contributed by atoms with E-state index in [4.69, 9.17) is 0 Å². The molecule has 4 aromatic rings. The Kier molecular flexibility index (Phi) is 4.49. The predicted octanol–water partition coefficient (Wildman–Crippen LogP) is 4.12. The van der Waals surface area contributed by atoms with Crippen LogP contribution in [0.4, 0.5) is 0 Å². The monoisotopic (exact) mass is 423 g/mol. The lowest BCUT2D eigenvalue weighted by molar-refractivity contribution is -0.134. The Morgan fingerprint density at radius 2 is 1.69 bits per heavy atom. The molecule has 0 radical (unpaired) electrons. The average molecular weight is 424 g/mol. The summed E-state index contributed by atoms with van der Waals surface area (Å²) in [4.78, 5) is 27.9. The van der Waals surface area contributed by atoms with Crippen molar-refractivity contribution in [2.75, 3.05) is 13.1 Å². The van der Waals surface area contributed by atoms with Gasteiger partial charge < -0.3 is 14.0 Å². The van der Waals surface area contributed by atoms with Crippen molar-refractivity contribution < 1.29 is 4.79 Å². The van der Waals surface area contributed by atoms with Crippen LogP contribution in [0.1, 0.15) is 18.0 Å². The Balaban J connectivity index is 1.32. The van der Waals surface area contributed by atoms with Crippen LogP contribution in [0.25, 0.3) is 22.2 Å². The minimum atomic E-state index is 0.0725. The van der Waals surface area contributed by atoms with Gasteiger partial charge in [0.15, 0.2) is 0 Å². The fourth-order valence-electron chi connectivity index (χ4n) is 5.56. The van der Waals surface area contributed by atoms with Crippen LogP contribution in [0, 0.1) is 5.92 Å². The van der Waals surface area contributed by atoms with E-state index in [1.807, 2.05) is 51.9 Å². The van der Waals surface area contributed by atoms with Crippen LogP contribution >= 0.6 is 0 Å². The number of fused-ring (bicyclic) bond motifs is 5. The number of hydrogen-bond donors (Lipinski definition) is 0. The van der Waals surface area contributed by atoms with Crippen LogP contribution in [0.15, 0.2) is 83.7 Å². The second-order valence-electron chi connectivity index (χ2n) is 9.04. The van der Waals surface area contributed by atoms with E-state index < -0.39 is 0 Å². The molecule has 0 aliphatic carbocycles. The summed E-state index contributed by atoms with van der Waals surface area (Å²) in [6.45, 7) is 2.42. The third-order valence-electron chi connectivity index (χ3n) is 7.01. The van der Waals surface area contributed by atoms with Crippen LogP contribution < -0.4 is 5.56 Å². The molecule has 1 saturated heterocycles. The minimum absolute atomic E-state index is 0.0725. The Labute approximate surface area is 186 Å². The molecule has 6 rings (SSSR count). The van der Waals surface area contributed by atoms with Crippen LogP contribution in [0.3, 0.4) is 0 Å². The summed E-state index contributed by atoms with van der Waals surface area (Å²) in [5.74, 6) is 0.709. The number of aromatic nitrogens is 2. The normalized spacial score (nSPS) is 19.7. The summed E-state index contributed by atoms with van der Waals surface area (Å²) in [6, 6.07) is 26.2. The Morgan fingerprint density at radius 1 is 0.875 bits per heavy atom. The van der Waals surface area contributed by atoms with Crippen molar-refractivity contribution in [3.8, 4) is 11.3 Å². The maximum atomic E-state index is 13.5. The van der Waals surface area contributed by atoms with Gasteiger partial charge in [-0.2, -0.15) is 0 Å². The van der Waals surface area contributed by atoms with E-state index in [1.54, 1.807) is 6.07 Å². The number of carbonyl (C=O) groups is 1. The van der Waals surface area contributed by atoms with Crippen molar-refractivity contribution in [2.45, 2.75) is 25.4 Å². The number of rotatable bonds is 3. The van der Waals surface area contributed by atoms with Crippen molar-refractivity contribution in [1.29, 1.82) is 0 Å². The molecule has 160 valence electrons. The second-order valence-corrected chi connectivity index (χ2v) is 9.04. The van der Waals surface area contributed by atoms with E-state index in [9.17, 15) is 9.59 Å². The van der Waals surface area contributed by atoms with Crippen molar-refractivity contribution in [3.05, 3.63) is 94.9 Å². The van der Waals surface area contributed by atoms with Crippen molar-refractivity contribution in [1.82, 2.24) is 14.0 Å². The number of amides is 1. The SMILES string of the molecule is O=C(Cn1c(-c2ccccc2)cc2ccccc21)N1C[C@@H]2C[C@H](C1)c1cccc(=O)n1C2. The molecule has 0 saturated carbocycles. The molecule has 4 heterocycles. The van der Waals surface area contributed by atoms with Gasteiger partial charge in [0.2, 0.25) is 5.91 Å². The molecule has 2 aromatic carbocycles. The number of carbonyl (C=O) groups excluding carboxylic acids is 1. The first-order valence-corrected chi connectivity index (χ1v) is 11.3. The van der Waals surface area contributed by atoms with Crippen LogP contribution in [-0.4, -0.2) is 33.0 Å². The zero-order valence-electron chi connectivity index (χ0n) is 17.9. The fourth-order valence-corrected chi connectivity index (χ4v) is 5.56. The number of nitrogens with zero attached hydrogens (tertiary/aromatic N) is 3. The van der Waals surface area contributed by atoms with Gasteiger partial charge in [-0.3, -0.25) is 9.59 Å². The van der Waals surface area contributed by atoms with Gasteiger partial charge in [0.25, 0.3) is 5.56 Å². The average Bonchev–Trinajstić information content (AvgIpc) is 3.19. The Bertz CT molecular complexity index is 1370. The first kappa shape index (κ1) is 19.1. The van der Waals surface area contributed by atoms with Gasteiger partial charge in [-0.15, -0.1) is 0 Å². The van der Waals surface area contributed by atoms with Crippen LogP contribution in [-0.2, 0) is 17.9 Å². The van der Waals surface area contributed by atoms with Gasteiger partial charge in [-0.1, -0.05) is 54.6 Å². The van der Waals surface area contributed by atoms with Crippen molar-refractivity contribution >= 4 is 16.8 Å². The number of likely N-dealkylation sites (tertiary alicyclic amines) is 1. The summed E-state index contributed by atoms with van der Waals surface area (Å²) in [7, 11) is 0. The second kappa shape index (κ2) is 7.52. The van der Waals surface area contributed by atoms with Gasteiger partial charge in [0.05, 0.1) is 0 Å². The number of pyridine rings is 1. The van der Waals surface area contributed by atoms with Crippen molar-refractivity contribution in [2.24, 2.45) is 5.92 Å². The number of piperidine rings is 1. The number of hydrogen-bond acceptors (Lipinski definition) is 2. The summed E-state index contributed by atoms with van der Waals surface area (Å²) in [6.07, 6.45) is 1.05. The molecule has 2 atom stereocenters. The number of para-hydroxylation sites is 1. The first-order chi connectivity index (χ1) is 15.7. The van der Waals surface area contributed by atoms with Crippen molar-refractivity contribution in [3.63, 3.8) is 0 Å². The van der Waals surface area contributed by atoms with Gasteiger partial charge in [0.1, 0.15) is 6.54 Å². The molecule has 1 amide bonds. The van der Waals surface area contributed by atoms with Crippen LogP contribution in [0.5, 0.6) is 0 Å². The minimum Gasteiger partial charge on any atom is -0.340 e. The standard InChI is InChI=1S/C27H25N3O2/c31-26-12-6-11-24-22-13-19(16-30(24)26)15-28(17-22)27(32)18-29-23-10-5-4-9-21(23)14-25(29)20-7-2-1-3-8-20/h1-12,14,19,22H,13,15-18H2/t19-,22+/m0/s1. The fraction of sp³-hybridized carbons (Fsp3) is 0.259. The summed E-state index contributed by atoms with van der Waals surface area (Å²) < 4.78 is 4.06. The van der Waals surface area contributed by atoms with E-state index in [2.05, 4.69) is 34.9 Å². The number of benzene rings is 2. The molecule has 2 bridgehead atoms. The molecule has 0 spiro atoms. The quantitative estimate of drug-likeness (QED) is 0.498. The highest BCUT2D eigenvalue weighted by Crippen LogP contribution is 2.35. The first-order valence-electron chi connectivity index (χ1n) is 11.3. The van der Waals surface area contributed by atoms with Gasteiger partial charge in [0, 0.05) is 53.9 Å². The smallest absolute Gasteiger partial charge is 0.250 e. The summed E-state index contributed by atoms with van der Waals surface area (Å²) >= 11 is 0. The maximum Gasteiger partial charge on any atom is 0.250 e. The lowest BCUT2D eigenvalue weighted by atomic mass is 9.83. The maximum absolute atomic E-state index is 13.5. The largest absolute Gasteiger partial charge is 0.340 e. The molecule has 2 aliphatic rings. The molecule has 5 heteroatoms. The Hall–Kier alpha value is -3.60. The zero-order valence-corrected chi connectivity index (χ0v) is 17.9. The third-order valence-corrected chi connectivity index (χ3v) is 7.01. The molecule has 0 N–H and O–H groups in total. The lowest BCUT2D eigenvalue weighted by Gasteiger charge is -2.42. The van der Waals surface area contributed by atoms with E-state index in [-0.39, 0.29) is 17.4 Å². The highest BCUT2D eigenvalue weighted by Gasteiger charge is 2.36. The highest BCUT2D eigenvalue weighted by atomic mass is 16.2. The molecule has 5 nitrogen and oxygen atoms in total. The zero-order chi connectivity index (χ0) is 21.7. The summed E-state index contributed by atoms with van der Waals surface area (Å²) in [5.41, 5.74) is 4.40. The third kappa shape index (κ3) is 3.16. The van der Waals surface area contributed by atoms with E-state index in [0.29, 0.717) is 25.6 Å². The van der Waals surface area contributed by atoms with Gasteiger partial charge >= 0.3 is 0 Å². The molecule has 0 unspecified atom stereocenters. The van der Waals surface area contributed by atoms with Gasteiger partial charge in [-0.05, 0) is 36.1 Å². The molecule has 32 heavy (non-hydrogen) atoms. The van der Waals surface area contributed by atoms with E-state index in [1.165, 1.54) is 0 Å². The topological polar surface area (TPSA) is 47.2 Å². The lowest BCUT2D eigenvalue weighted by Crippen LogP contribution is -2.49. The summed E-state index contributed by atoms with van der Waals surface area (Å²) in [5, 5.41) is 1.14. The van der Waals surface area contributed by atoms with E-state index in [0.717, 1.165) is 40.8 Å². The Morgan fingerprint density at radius 3 is 2.56 bits per heavy atom. The molecule has 2 aliphatic heterocycles. The highest BCUT2D eigenvalue weighted by molar-refractivity contribution is 5.89. The molecule has 2 aromatic heterocycles. The predicted molar refractivity (Wildman–Crippen MR) is 126 cm³/mol. The molecular formula is C27H25N3O2. The van der Waals surface area contributed by atoms with Gasteiger partial charge in [-0.25, -0.2) is 0 Å². The van der Waals surface area contributed by atoms with E-state index >= 15 is 0 Å². The molecular weight excluding hydrogens is 398 g/mol.